The lowest BCUT2D eigenvalue weighted by atomic mass is 10.0. The number of nitrogens with one attached hydrogen (secondary N) is 2. The van der Waals surface area contributed by atoms with Crippen LogP contribution in [-0.4, -0.2) is 40.3 Å². The number of carboxylic acids is 1. The molecule has 0 aliphatic rings. The molecule has 104 valence electrons. The summed E-state index contributed by atoms with van der Waals surface area (Å²) >= 11 is 0. The third kappa shape index (κ3) is 4.53. The van der Waals surface area contributed by atoms with E-state index in [0.717, 1.165) is 0 Å². The van der Waals surface area contributed by atoms with Gasteiger partial charge in [-0.1, -0.05) is 13.8 Å². The number of amides is 1. The van der Waals surface area contributed by atoms with Gasteiger partial charge in [0.25, 0.3) is 5.91 Å². The number of hydrogen-bond acceptors (Lipinski definition) is 5. The van der Waals surface area contributed by atoms with Crippen molar-refractivity contribution >= 4 is 17.7 Å². The van der Waals surface area contributed by atoms with Gasteiger partial charge in [0.05, 0.1) is 0 Å². The van der Waals surface area contributed by atoms with E-state index in [1.165, 1.54) is 19.2 Å². The van der Waals surface area contributed by atoms with Crippen molar-refractivity contribution in [3.8, 4) is 0 Å². The van der Waals surface area contributed by atoms with Crippen molar-refractivity contribution in [1.29, 1.82) is 0 Å². The lowest BCUT2D eigenvalue weighted by molar-refractivity contribution is -0.138. The van der Waals surface area contributed by atoms with E-state index in [2.05, 4.69) is 20.8 Å². The average Bonchev–Trinajstić information content (AvgIpc) is 2.37. The molecule has 1 rings (SSSR count). The molecule has 1 aromatic heterocycles. The van der Waals surface area contributed by atoms with Gasteiger partial charge in [0.2, 0.25) is 0 Å². The van der Waals surface area contributed by atoms with Gasteiger partial charge in [-0.05, 0) is 24.5 Å². The molecule has 1 amide bonds. The van der Waals surface area contributed by atoms with E-state index in [1.807, 2.05) is 13.8 Å². The van der Waals surface area contributed by atoms with E-state index in [1.54, 1.807) is 0 Å². The number of carbonyl (C=O) groups is 2. The average molecular weight is 266 g/mol. The quantitative estimate of drug-likeness (QED) is 0.701. The Balaban J connectivity index is 2.75. The molecule has 0 aliphatic carbocycles. The van der Waals surface area contributed by atoms with Crippen molar-refractivity contribution in [3.63, 3.8) is 0 Å². The van der Waals surface area contributed by atoms with Gasteiger partial charge in [0.1, 0.15) is 11.9 Å². The minimum atomic E-state index is -0.939. The van der Waals surface area contributed by atoms with Gasteiger partial charge >= 0.3 is 5.97 Å². The number of aliphatic carboxylic acids is 1. The van der Waals surface area contributed by atoms with Gasteiger partial charge in [-0.25, -0.2) is 4.79 Å². The van der Waals surface area contributed by atoms with Gasteiger partial charge in [-0.2, -0.15) is 0 Å². The molecule has 0 radical (unpaired) electrons. The number of carboxylic acid groups (broad SMARTS) is 1. The minimum Gasteiger partial charge on any atom is -0.480 e. The van der Waals surface area contributed by atoms with Crippen molar-refractivity contribution in [1.82, 2.24) is 15.5 Å². The molecule has 0 fully saturated rings. The first-order chi connectivity index (χ1) is 8.93. The first kappa shape index (κ1) is 14.9. The van der Waals surface area contributed by atoms with Crippen LogP contribution in [0.15, 0.2) is 12.1 Å². The second-order valence-corrected chi connectivity index (χ2v) is 4.55. The molecule has 19 heavy (non-hydrogen) atoms. The Morgan fingerprint density at radius 3 is 2.42 bits per heavy atom. The SMILES string of the molecule is CNC(=O)c1ccc(N[C@H](CC(C)C)C(=O)O)nn1. The molecule has 0 unspecified atom stereocenters. The normalized spacial score (nSPS) is 12.0. The summed E-state index contributed by atoms with van der Waals surface area (Å²) < 4.78 is 0. The maximum Gasteiger partial charge on any atom is 0.326 e. The van der Waals surface area contributed by atoms with Crippen LogP contribution in [0.5, 0.6) is 0 Å². The predicted molar refractivity (Wildman–Crippen MR) is 69.9 cm³/mol. The Kier molecular flexibility index (Phi) is 5.23. The zero-order valence-electron chi connectivity index (χ0n) is 11.2. The largest absolute Gasteiger partial charge is 0.480 e. The van der Waals surface area contributed by atoms with Gasteiger partial charge in [0.15, 0.2) is 5.69 Å². The van der Waals surface area contributed by atoms with Crippen molar-refractivity contribution in [2.75, 3.05) is 12.4 Å². The Bertz CT molecular complexity index is 445. The number of aromatic nitrogens is 2. The first-order valence-electron chi connectivity index (χ1n) is 5.99. The van der Waals surface area contributed by atoms with E-state index < -0.39 is 12.0 Å². The van der Waals surface area contributed by atoms with Gasteiger partial charge in [0, 0.05) is 7.05 Å². The molecule has 0 saturated carbocycles. The molecule has 3 N–H and O–H groups in total. The maximum atomic E-state index is 11.3. The maximum absolute atomic E-state index is 11.3. The summed E-state index contributed by atoms with van der Waals surface area (Å²) in [4.78, 5) is 22.4. The predicted octanol–water partition coefficient (Wildman–Crippen LogP) is 0.747. The van der Waals surface area contributed by atoms with Crippen LogP contribution >= 0.6 is 0 Å². The molecule has 1 aromatic rings. The molecule has 0 bridgehead atoms. The zero-order chi connectivity index (χ0) is 14.4. The fourth-order valence-corrected chi connectivity index (χ4v) is 1.53. The molecule has 0 aliphatic heterocycles. The highest BCUT2D eigenvalue weighted by molar-refractivity contribution is 5.91. The molecule has 0 saturated heterocycles. The number of hydrogen-bond donors (Lipinski definition) is 3. The molecule has 1 atom stereocenters. The number of nitrogens with zero attached hydrogens (tertiary/aromatic N) is 2. The highest BCUT2D eigenvalue weighted by atomic mass is 16.4. The Hall–Kier alpha value is -2.18. The Morgan fingerprint density at radius 1 is 1.32 bits per heavy atom. The van der Waals surface area contributed by atoms with Crippen LogP contribution in [0.2, 0.25) is 0 Å². The Labute approximate surface area is 111 Å². The molecular formula is C12H18N4O3. The second kappa shape index (κ2) is 6.67. The van der Waals surface area contributed by atoms with E-state index >= 15 is 0 Å². The third-order valence-corrected chi connectivity index (χ3v) is 2.45. The van der Waals surface area contributed by atoms with Crippen molar-refractivity contribution in [3.05, 3.63) is 17.8 Å². The fourth-order valence-electron chi connectivity index (χ4n) is 1.53. The fraction of sp³-hybridized carbons (Fsp3) is 0.500. The Morgan fingerprint density at radius 2 is 2.00 bits per heavy atom. The van der Waals surface area contributed by atoms with Crippen LogP contribution in [0.3, 0.4) is 0 Å². The molecule has 7 heteroatoms. The third-order valence-electron chi connectivity index (χ3n) is 2.45. The summed E-state index contributed by atoms with van der Waals surface area (Å²) in [7, 11) is 1.50. The molecule has 7 nitrogen and oxygen atoms in total. The van der Waals surface area contributed by atoms with E-state index in [9.17, 15) is 9.59 Å². The van der Waals surface area contributed by atoms with E-state index in [-0.39, 0.29) is 17.5 Å². The van der Waals surface area contributed by atoms with Crippen molar-refractivity contribution < 1.29 is 14.7 Å². The standard InChI is InChI=1S/C12H18N4O3/c1-7(2)6-9(12(18)19)14-10-5-4-8(15-16-10)11(17)13-3/h4-5,7,9H,6H2,1-3H3,(H,13,17)(H,14,16)(H,18,19)/t9-/m1/s1. The van der Waals surface area contributed by atoms with Gasteiger partial charge < -0.3 is 15.7 Å². The van der Waals surface area contributed by atoms with Gasteiger partial charge in [-0.15, -0.1) is 10.2 Å². The van der Waals surface area contributed by atoms with Crippen LogP contribution in [0.4, 0.5) is 5.82 Å². The second-order valence-electron chi connectivity index (χ2n) is 4.55. The van der Waals surface area contributed by atoms with E-state index in [4.69, 9.17) is 5.11 Å². The molecule has 0 aromatic carbocycles. The van der Waals surface area contributed by atoms with E-state index in [0.29, 0.717) is 12.2 Å². The summed E-state index contributed by atoms with van der Waals surface area (Å²) in [5, 5.41) is 21.8. The summed E-state index contributed by atoms with van der Waals surface area (Å²) in [6.45, 7) is 3.88. The summed E-state index contributed by atoms with van der Waals surface area (Å²) in [6, 6.07) is 2.30. The lowest BCUT2D eigenvalue weighted by Crippen LogP contribution is -2.31. The monoisotopic (exact) mass is 266 g/mol. The zero-order valence-corrected chi connectivity index (χ0v) is 11.2. The van der Waals surface area contributed by atoms with Gasteiger partial charge in [-0.3, -0.25) is 4.79 Å². The minimum absolute atomic E-state index is 0.184. The number of rotatable bonds is 6. The first-order valence-corrected chi connectivity index (χ1v) is 5.99. The van der Waals surface area contributed by atoms with Crippen LogP contribution in [0.1, 0.15) is 30.8 Å². The van der Waals surface area contributed by atoms with Crippen LogP contribution in [0, 0.1) is 5.92 Å². The number of carbonyl (C=O) groups excluding carboxylic acids is 1. The molecule has 0 spiro atoms. The topological polar surface area (TPSA) is 104 Å². The van der Waals surface area contributed by atoms with Crippen LogP contribution in [-0.2, 0) is 4.79 Å². The smallest absolute Gasteiger partial charge is 0.326 e. The van der Waals surface area contributed by atoms with Crippen molar-refractivity contribution in [2.24, 2.45) is 5.92 Å². The highest BCUT2D eigenvalue weighted by Gasteiger charge is 2.19. The summed E-state index contributed by atoms with van der Waals surface area (Å²) in [5.74, 6) is -0.700. The van der Waals surface area contributed by atoms with Crippen molar-refractivity contribution in [2.45, 2.75) is 26.3 Å². The van der Waals surface area contributed by atoms with Crippen LogP contribution in [0.25, 0.3) is 0 Å². The molecule has 1 heterocycles. The van der Waals surface area contributed by atoms with Crippen LogP contribution < -0.4 is 10.6 Å². The number of anilines is 1. The summed E-state index contributed by atoms with van der Waals surface area (Å²) in [5.41, 5.74) is 0.184. The lowest BCUT2D eigenvalue weighted by Gasteiger charge is -2.16. The summed E-state index contributed by atoms with van der Waals surface area (Å²) in [6.07, 6.45) is 0.480. The highest BCUT2D eigenvalue weighted by Crippen LogP contribution is 2.11. The molecular weight excluding hydrogens is 248 g/mol.